The molecule has 0 rings (SSSR count). The number of hydrogen-bond donors (Lipinski definition) is 4. The molecule has 0 aliphatic heterocycles. The Labute approximate surface area is 86.6 Å². The Balaban J connectivity index is -0.000000147. The van der Waals surface area contributed by atoms with Crippen molar-refractivity contribution < 1.29 is 19.1 Å². The van der Waals surface area contributed by atoms with Crippen LogP contribution >= 0.6 is 11.6 Å². The van der Waals surface area contributed by atoms with Crippen LogP contribution < -0.4 is 23.0 Å². The maximum Gasteiger partial charge on any atom is 0.421 e. The van der Waals surface area contributed by atoms with Gasteiger partial charge >= 0.3 is 11.5 Å². The Morgan fingerprint density at radius 3 is 1.86 bits per heavy atom. The highest BCUT2D eigenvalue weighted by Gasteiger charge is 1.86. The number of carbonyl (C=O) groups is 2. The number of rotatable bonds is 1. The predicted molar refractivity (Wildman–Crippen MR) is 51.0 cm³/mol. The summed E-state index contributed by atoms with van der Waals surface area (Å²) in [6, 6.07) is 0. The van der Waals surface area contributed by atoms with Gasteiger partial charge in [0.05, 0.1) is 13.7 Å². The van der Waals surface area contributed by atoms with Gasteiger partial charge in [0.1, 0.15) is 0 Å². The molecule has 0 bridgehead atoms. The van der Waals surface area contributed by atoms with Crippen LogP contribution in [-0.4, -0.2) is 25.2 Å². The fourth-order valence-electron chi connectivity index (χ4n) is 0.172. The third-order valence-corrected chi connectivity index (χ3v) is 0.670. The summed E-state index contributed by atoms with van der Waals surface area (Å²) in [5.74, 6) is 12.6. The van der Waals surface area contributed by atoms with Gasteiger partial charge in [-0.15, -0.1) is 0 Å². The van der Waals surface area contributed by atoms with Crippen LogP contribution in [0.3, 0.4) is 0 Å². The molecule has 0 aromatic carbocycles. The number of carbonyl (C=O) groups excluding carboxylic acids is 2. The molecule has 0 aromatic heterocycles. The lowest BCUT2D eigenvalue weighted by atomic mass is 10.9. The van der Waals surface area contributed by atoms with Gasteiger partial charge in [-0.3, -0.25) is 17.1 Å². The van der Waals surface area contributed by atoms with E-state index in [0.29, 0.717) is 6.61 Å². The Kier molecular flexibility index (Phi) is 23.8. The number of ether oxygens (including phenoxy) is 2. The first kappa shape index (κ1) is 18.6. The van der Waals surface area contributed by atoms with E-state index in [1.54, 1.807) is 12.3 Å². The fraction of sp³-hybridized carbons (Fsp3) is 0.600. The number of methoxy groups -OCH3 is 1. The van der Waals surface area contributed by atoms with Crippen LogP contribution in [0.2, 0.25) is 0 Å². The average molecular weight is 231 g/mol. The molecule has 0 atom stereocenters. The molecule has 0 heterocycles. The number of nitrogens with two attached hydrogens (primary N) is 3. The molecular formula is C5H15ClN4O4. The van der Waals surface area contributed by atoms with Crippen LogP contribution in [0.4, 0.5) is 9.59 Å². The van der Waals surface area contributed by atoms with E-state index in [2.05, 4.69) is 27.0 Å². The zero-order valence-electron chi connectivity index (χ0n) is 7.95. The zero-order valence-corrected chi connectivity index (χ0v) is 8.71. The van der Waals surface area contributed by atoms with E-state index in [-0.39, 0.29) is 0 Å². The number of amides is 1. The molecular weight excluding hydrogens is 216 g/mol. The standard InChI is InChI=1S/C3H5ClO2.C2H6N2O2.H4N2/c1-2-6-3(4)5;1-6-2(5)4-3;1-2/h2H2,1H3;3H2,1H3,(H,4,5);1-2H2. The first-order chi connectivity index (χ1) is 6.58. The SMILES string of the molecule is CCOC(=O)Cl.COC(=O)NN.NN. The molecule has 0 aliphatic carbocycles. The van der Waals surface area contributed by atoms with E-state index < -0.39 is 11.5 Å². The highest BCUT2D eigenvalue weighted by molar-refractivity contribution is 6.61. The second-order valence-electron chi connectivity index (χ2n) is 1.31. The van der Waals surface area contributed by atoms with E-state index in [4.69, 9.17) is 11.6 Å². The van der Waals surface area contributed by atoms with Gasteiger partial charge in [-0.1, -0.05) is 0 Å². The monoisotopic (exact) mass is 230 g/mol. The van der Waals surface area contributed by atoms with Crippen molar-refractivity contribution in [3.63, 3.8) is 0 Å². The summed E-state index contributed by atoms with van der Waals surface area (Å²) in [7, 11) is 1.24. The first-order valence-corrected chi connectivity index (χ1v) is 3.66. The second-order valence-corrected chi connectivity index (χ2v) is 1.62. The van der Waals surface area contributed by atoms with Gasteiger partial charge < -0.3 is 9.47 Å². The molecule has 0 spiro atoms. The predicted octanol–water partition coefficient (Wildman–Crippen LogP) is -0.583. The number of nitrogens with one attached hydrogen (secondary N) is 1. The summed E-state index contributed by atoms with van der Waals surface area (Å²) >= 11 is 4.72. The molecule has 0 unspecified atom stereocenters. The van der Waals surface area contributed by atoms with Crippen molar-refractivity contribution in [1.29, 1.82) is 0 Å². The largest absolute Gasteiger partial charge is 0.454 e. The minimum atomic E-state index is -0.738. The highest BCUT2D eigenvalue weighted by Crippen LogP contribution is 1.82. The van der Waals surface area contributed by atoms with Crippen LogP contribution in [-0.2, 0) is 9.47 Å². The molecule has 0 aromatic rings. The summed E-state index contributed by atoms with van der Waals surface area (Å²) in [4.78, 5) is 19.3. The first-order valence-electron chi connectivity index (χ1n) is 3.28. The summed E-state index contributed by atoms with van der Waals surface area (Å²) in [6.45, 7) is 2.04. The number of halogens is 1. The minimum Gasteiger partial charge on any atom is -0.454 e. The van der Waals surface area contributed by atoms with E-state index >= 15 is 0 Å². The maximum atomic E-state index is 9.72. The third kappa shape index (κ3) is 30.7. The lowest BCUT2D eigenvalue weighted by Gasteiger charge is -1.90. The molecule has 0 radical (unpaired) electrons. The zero-order chi connectivity index (χ0) is 12.0. The van der Waals surface area contributed by atoms with Crippen LogP contribution in [0.25, 0.3) is 0 Å². The lowest BCUT2D eigenvalue weighted by Crippen LogP contribution is -2.29. The Hall–Kier alpha value is -1.09. The normalized spacial score (nSPS) is 6.71. The summed E-state index contributed by atoms with van der Waals surface area (Å²) < 4.78 is 8.19. The van der Waals surface area contributed by atoms with Crippen LogP contribution in [0.5, 0.6) is 0 Å². The summed E-state index contributed by atoms with van der Waals surface area (Å²) in [5.41, 5.74) is 1.02. The number of hydrogen-bond acceptors (Lipinski definition) is 7. The topological polar surface area (TPSA) is 143 Å². The smallest absolute Gasteiger partial charge is 0.421 e. The van der Waals surface area contributed by atoms with Crippen molar-refractivity contribution in [1.82, 2.24) is 5.43 Å². The van der Waals surface area contributed by atoms with Crippen LogP contribution in [0.1, 0.15) is 6.92 Å². The molecule has 0 aliphatic rings. The van der Waals surface area contributed by atoms with Gasteiger partial charge in [0.25, 0.3) is 0 Å². The van der Waals surface area contributed by atoms with Crippen LogP contribution in [0, 0.1) is 0 Å². The molecule has 7 N–H and O–H groups in total. The van der Waals surface area contributed by atoms with E-state index in [1.165, 1.54) is 7.11 Å². The highest BCUT2D eigenvalue weighted by atomic mass is 35.5. The third-order valence-electron chi connectivity index (χ3n) is 0.561. The average Bonchev–Trinajstić information content (AvgIpc) is 2.20. The molecule has 14 heavy (non-hydrogen) atoms. The van der Waals surface area contributed by atoms with Crippen molar-refractivity contribution in [2.24, 2.45) is 17.5 Å². The molecule has 0 fully saturated rings. The molecule has 0 saturated heterocycles. The molecule has 9 heteroatoms. The second kappa shape index (κ2) is 17.9. The van der Waals surface area contributed by atoms with Gasteiger partial charge in [-0.05, 0) is 6.92 Å². The van der Waals surface area contributed by atoms with E-state index in [1.807, 2.05) is 0 Å². The van der Waals surface area contributed by atoms with Gasteiger partial charge in [-0.2, -0.15) is 0 Å². The maximum absolute atomic E-state index is 9.72. The molecule has 0 saturated carbocycles. The fourth-order valence-corrected chi connectivity index (χ4v) is 0.282. The van der Waals surface area contributed by atoms with Gasteiger partial charge in [0.15, 0.2) is 0 Å². The molecule has 86 valence electrons. The minimum absolute atomic E-state index is 0.350. The van der Waals surface area contributed by atoms with Crippen molar-refractivity contribution in [3.8, 4) is 0 Å². The van der Waals surface area contributed by atoms with E-state index in [0.717, 1.165) is 0 Å². The molecule has 8 nitrogen and oxygen atoms in total. The molecule has 1 amide bonds. The number of hydrazine groups is 2. The van der Waals surface area contributed by atoms with Crippen LogP contribution in [0.15, 0.2) is 0 Å². The Morgan fingerprint density at radius 1 is 1.43 bits per heavy atom. The Morgan fingerprint density at radius 2 is 1.86 bits per heavy atom. The van der Waals surface area contributed by atoms with Crippen molar-refractivity contribution >= 4 is 23.1 Å². The summed E-state index contributed by atoms with van der Waals surface area (Å²) in [6.07, 6.45) is -0.630. The van der Waals surface area contributed by atoms with Crippen molar-refractivity contribution in [2.75, 3.05) is 13.7 Å². The quantitative estimate of drug-likeness (QED) is 0.204. The Bertz CT molecular complexity index is 140. The van der Waals surface area contributed by atoms with Crippen molar-refractivity contribution in [2.45, 2.75) is 6.92 Å². The van der Waals surface area contributed by atoms with Gasteiger partial charge in [0, 0.05) is 11.6 Å². The van der Waals surface area contributed by atoms with Gasteiger partial charge in [-0.25, -0.2) is 15.4 Å². The summed E-state index contributed by atoms with van der Waals surface area (Å²) in [5, 5.41) is 0. The van der Waals surface area contributed by atoms with E-state index in [9.17, 15) is 9.59 Å². The van der Waals surface area contributed by atoms with Gasteiger partial charge in [0.2, 0.25) is 0 Å². The van der Waals surface area contributed by atoms with Crippen molar-refractivity contribution in [3.05, 3.63) is 0 Å². The lowest BCUT2D eigenvalue weighted by molar-refractivity contribution is 0.171.